The maximum atomic E-state index is 12.0. The number of benzene rings is 1. The molecule has 0 aliphatic carbocycles. The molecule has 0 saturated carbocycles. The van der Waals surface area contributed by atoms with E-state index < -0.39 is 11.2 Å². The molecule has 128 valence electrons. The van der Waals surface area contributed by atoms with Crippen molar-refractivity contribution in [2.45, 2.75) is 6.54 Å². The van der Waals surface area contributed by atoms with Gasteiger partial charge in [-0.2, -0.15) is 0 Å². The highest BCUT2D eigenvalue weighted by molar-refractivity contribution is 7.18. The number of para-hydroxylation sites is 1. The molecule has 0 fully saturated rings. The Hall–Kier alpha value is -3.00. The molecule has 0 spiro atoms. The Balaban J connectivity index is 1.69. The van der Waals surface area contributed by atoms with Crippen LogP contribution in [0.4, 0.5) is 0 Å². The molecule has 0 radical (unpaired) electrons. The summed E-state index contributed by atoms with van der Waals surface area (Å²) >= 11 is 1.52. The van der Waals surface area contributed by atoms with Crippen molar-refractivity contribution in [3.8, 4) is 0 Å². The summed E-state index contributed by atoms with van der Waals surface area (Å²) in [5.41, 5.74) is 0.307. The van der Waals surface area contributed by atoms with Gasteiger partial charge in [-0.15, -0.1) is 11.3 Å². The van der Waals surface area contributed by atoms with Gasteiger partial charge in [0, 0.05) is 26.4 Å². The van der Waals surface area contributed by atoms with Crippen molar-refractivity contribution in [3.63, 3.8) is 0 Å². The van der Waals surface area contributed by atoms with Crippen LogP contribution in [-0.2, 0) is 25.4 Å². The van der Waals surface area contributed by atoms with E-state index in [-0.39, 0.29) is 11.5 Å². The van der Waals surface area contributed by atoms with Crippen LogP contribution in [0.2, 0.25) is 0 Å². The molecule has 1 N–H and O–H groups in total. The molecule has 1 aromatic carbocycles. The maximum absolute atomic E-state index is 12.0. The minimum absolute atomic E-state index is 0.264. The Morgan fingerprint density at radius 2 is 2.04 bits per heavy atom. The number of aryl methyl sites for hydroxylation is 1. The fraction of sp³-hybridized carbons (Fsp3) is 0.176. The first-order chi connectivity index (χ1) is 12.0. The van der Waals surface area contributed by atoms with Crippen molar-refractivity contribution in [2.24, 2.45) is 14.1 Å². The third-order valence-corrected chi connectivity index (χ3v) is 4.68. The van der Waals surface area contributed by atoms with E-state index in [4.69, 9.17) is 0 Å². The lowest BCUT2D eigenvalue weighted by Crippen LogP contribution is -2.37. The molecule has 25 heavy (non-hydrogen) atoms. The second kappa shape index (κ2) is 6.86. The van der Waals surface area contributed by atoms with E-state index in [9.17, 15) is 14.4 Å². The summed E-state index contributed by atoms with van der Waals surface area (Å²) in [4.78, 5) is 40.0. The van der Waals surface area contributed by atoms with Gasteiger partial charge >= 0.3 is 5.69 Å². The number of aromatic nitrogens is 3. The van der Waals surface area contributed by atoms with Crippen LogP contribution >= 0.6 is 11.3 Å². The monoisotopic (exact) mass is 356 g/mol. The van der Waals surface area contributed by atoms with Crippen LogP contribution in [0.3, 0.4) is 0 Å². The predicted octanol–water partition coefficient (Wildman–Crippen LogP) is 1.02. The second-order valence-electron chi connectivity index (χ2n) is 5.47. The topological polar surface area (TPSA) is 86.0 Å². The third kappa shape index (κ3) is 3.58. The van der Waals surface area contributed by atoms with Crippen LogP contribution in [-0.4, -0.2) is 20.0 Å². The highest BCUT2D eigenvalue weighted by Gasteiger charge is 2.06. The fourth-order valence-electron chi connectivity index (χ4n) is 2.33. The van der Waals surface area contributed by atoms with Crippen molar-refractivity contribution < 1.29 is 4.79 Å². The largest absolute Gasteiger partial charge is 0.346 e. The average Bonchev–Trinajstić information content (AvgIpc) is 3.03. The van der Waals surface area contributed by atoms with E-state index in [1.165, 1.54) is 41.3 Å². The van der Waals surface area contributed by atoms with Gasteiger partial charge < -0.3 is 9.88 Å². The van der Waals surface area contributed by atoms with Gasteiger partial charge in [0.15, 0.2) is 0 Å². The zero-order valence-corrected chi connectivity index (χ0v) is 14.5. The number of carbonyl (C=O) groups is 1. The van der Waals surface area contributed by atoms with Crippen LogP contribution in [0, 0.1) is 0 Å². The third-order valence-electron chi connectivity index (χ3n) is 3.64. The number of nitrogens with one attached hydrogen (secondary N) is 1. The molecule has 8 heteroatoms. The molecule has 0 aliphatic rings. The summed E-state index contributed by atoms with van der Waals surface area (Å²) in [6.45, 7) is 0.313. The van der Waals surface area contributed by atoms with Gasteiger partial charge in [0.1, 0.15) is 5.01 Å². The SMILES string of the molecule is Cn1cc(C=CC(=O)NCc2nc3ccccc3s2)c(=O)n(C)c1=O. The minimum atomic E-state index is -0.446. The highest BCUT2D eigenvalue weighted by Crippen LogP contribution is 2.21. The number of nitrogens with zero attached hydrogens (tertiary/aromatic N) is 3. The quantitative estimate of drug-likeness (QED) is 0.707. The van der Waals surface area contributed by atoms with Crippen LogP contribution < -0.4 is 16.6 Å². The summed E-state index contributed by atoms with van der Waals surface area (Å²) in [7, 11) is 2.95. The molecule has 0 unspecified atom stereocenters. The lowest BCUT2D eigenvalue weighted by atomic mass is 10.3. The van der Waals surface area contributed by atoms with Crippen molar-refractivity contribution >= 4 is 33.5 Å². The summed E-state index contributed by atoms with van der Waals surface area (Å²) in [5.74, 6) is -0.338. The Morgan fingerprint density at radius 1 is 1.28 bits per heavy atom. The van der Waals surface area contributed by atoms with E-state index in [1.54, 1.807) is 7.05 Å². The Labute approximate surface area is 146 Å². The molecule has 2 aromatic heterocycles. The molecule has 0 saturated heterocycles. The zero-order valence-electron chi connectivity index (χ0n) is 13.7. The maximum Gasteiger partial charge on any atom is 0.330 e. The molecular weight excluding hydrogens is 340 g/mol. The summed E-state index contributed by atoms with van der Waals surface area (Å²) in [6.07, 6.45) is 4.08. The smallest absolute Gasteiger partial charge is 0.330 e. The first kappa shape index (κ1) is 16.8. The molecule has 0 bridgehead atoms. The van der Waals surface area contributed by atoms with Crippen molar-refractivity contribution in [2.75, 3.05) is 0 Å². The number of fused-ring (bicyclic) bond motifs is 1. The van der Waals surface area contributed by atoms with E-state index in [0.717, 1.165) is 19.8 Å². The zero-order chi connectivity index (χ0) is 18.0. The molecule has 0 aliphatic heterocycles. The number of amides is 1. The van der Waals surface area contributed by atoms with Gasteiger partial charge in [-0.3, -0.25) is 14.2 Å². The number of hydrogen-bond acceptors (Lipinski definition) is 5. The molecule has 3 aromatic rings. The van der Waals surface area contributed by atoms with E-state index in [0.29, 0.717) is 6.54 Å². The standard InChI is InChI=1S/C17H16N4O3S/c1-20-10-11(16(23)21(2)17(20)24)7-8-14(22)18-9-15-19-12-5-3-4-6-13(12)25-15/h3-8,10H,9H2,1-2H3,(H,18,22). The average molecular weight is 356 g/mol. The number of hydrogen-bond donors (Lipinski definition) is 1. The molecule has 1 amide bonds. The number of thiazole rings is 1. The van der Waals surface area contributed by atoms with Crippen molar-refractivity contribution in [1.82, 2.24) is 19.4 Å². The highest BCUT2D eigenvalue weighted by atomic mass is 32.1. The normalized spacial score (nSPS) is 11.3. The number of carbonyl (C=O) groups excluding carboxylic acids is 1. The summed E-state index contributed by atoms with van der Waals surface area (Å²) < 4.78 is 3.36. The van der Waals surface area contributed by atoms with Gasteiger partial charge in [-0.25, -0.2) is 9.78 Å². The van der Waals surface area contributed by atoms with E-state index >= 15 is 0 Å². The second-order valence-corrected chi connectivity index (χ2v) is 6.58. The molecular formula is C17H16N4O3S. The van der Waals surface area contributed by atoms with Gasteiger partial charge in [0.2, 0.25) is 5.91 Å². The predicted molar refractivity (Wildman–Crippen MR) is 97.4 cm³/mol. The van der Waals surface area contributed by atoms with Gasteiger partial charge in [-0.05, 0) is 18.2 Å². The first-order valence-corrected chi connectivity index (χ1v) is 8.34. The van der Waals surface area contributed by atoms with Gasteiger partial charge in [0.25, 0.3) is 5.56 Å². The van der Waals surface area contributed by atoms with Crippen LogP contribution in [0.1, 0.15) is 10.6 Å². The Morgan fingerprint density at radius 3 is 2.80 bits per heavy atom. The van der Waals surface area contributed by atoms with E-state index in [1.807, 2.05) is 24.3 Å². The summed E-state index contributed by atoms with van der Waals surface area (Å²) in [5, 5.41) is 3.54. The van der Waals surface area contributed by atoms with Crippen molar-refractivity contribution in [1.29, 1.82) is 0 Å². The lowest BCUT2D eigenvalue weighted by Gasteiger charge is -2.03. The van der Waals surface area contributed by atoms with Crippen LogP contribution in [0.5, 0.6) is 0 Å². The Kier molecular flexibility index (Phi) is 4.62. The van der Waals surface area contributed by atoms with Crippen LogP contribution in [0.15, 0.2) is 46.1 Å². The number of rotatable bonds is 4. The molecule has 0 atom stereocenters. The van der Waals surface area contributed by atoms with Crippen LogP contribution in [0.25, 0.3) is 16.3 Å². The molecule has 3 rings (SSSR count). The molecule has 7 nitrogen and oxygen atoms in total. The van der Waals surface area contributed by atoms with E-state index in [2.05, 4.69) is 10.3 Å². The first-order valence-electron chi connectivity index (χ1n) is 7.53. The fourth-order valence-corrected chi connectivity index (χ4v) is 3.24. The lowest BCUT2D eigenvalue weighted by molar-refractivity contribution is -0.116. The summed E-state index contributed by atoms with van der Waals surface area (Å²) in [6, 6.07) is 7.76. The van der Waals surface area contributed by atoms with Gasteiger partial charge in [0.05, 0.1) is 22.3 Å². The molecule has 2 heterocycles. The minimum Gasteiger partial charge on any atom is -0.346 e. The van der Waals surface area contributed by atoms with Gasteiger partial charge in [-0.1, -0.05) is 12.1 Å². The van der Waals surface area contributed by atoms with Crippen molar-refractivity contribution in [3.05, 3.63) is 67.9 Å². The Bertz CT molecular complexity index is 1060.